The lowest BCUT2D eigenvalue weighted by atomic mass is 10.1. The highest BCUT2D eigenvalue weighted by atomic mass is 16.4. The van der Waals surface area contributed by atoms with Crippen LogP contribution in [0.5, 0.6) is 0 Å². The number of carboxylic acids is 1. The van der Waals surface area contributed by atoms with Crippen LogP contribution in [0.1, 0.15) is 21.6 Å². The zero-order valence-corrected chi connectivity index (χ0v) is 12.4. The minimum Gasteiger partial charge on any atom is -0.477 e. The lowest BCUT2D eigenvalue weighted by molar-refractivity contribution is 0.0691. The Morgan fingerprint density at radius 3 is 2.55 bits per heavy atom. The lowest BCUT2D eigenvalue weighted by Crippen LogP contribution is -2.03. The van der Waals surface area contributed by atoms with Crippen molar-refractivity contribution in [1.82, 2.24) is 4.98 Å². The van der Waals surface area contributed by atoms with Crippen LogP contribution >= 0.6 is 0 Å². The summed E-state index contributed by atoms with van der Waals surface area (Å²) in [6, 6.07) is 15.3. The van der Waals surface area contributed by atoms with E-state index in [-0.39, 0.29) is 5.69 Å². The van der Waals surface area contributed by atoms with Crippen LogP contribution in [0.15, 0.2) is 48.5 Å². The summed E-state index contributed by atoms with van der Waals surface area (Å²) in [6.45, 7) is 4.02. The lowest BCUT2D eigenvalue weighted by Gasteiger charge is -2.12. The molecule has 0 amide bonds. The van der Waals surface area contributed by atoms with Gasteiger partial charge in [0.25, 0.3) is 0 Å². The van der Waals surface area contributed by atoms with Crippen LogP contribution in [-0.4, -0.2) is 16.1 Å². The molecule has 3 rings (SSSR count). The van der Waals surface area contributed by atoms with Gasteiger partial charge in [0.05, 0.1) is 11.2 Å². The maximum absolute atomic E-state index is 11.3. The van der Waals surface area contributed by atoms with E-state index in [4.69, 9.17) is 0 Å². The second kappa shape index (κ2) is 5.48. The number of rotatable bonds is 3. The number of hydrogen-bond acceptors (Lipinski definition) is 3. The molecule has 22 heavy (non-hydrogen) atoms. The Kier molecular flexibility index (Phi) is 3.51. The number of nitrogens with one attached hydrogen (secondary N) is 1. The summed E-state index contributed by atoms with van der Waals surface area (Å²) in [5, 5.41) is 13.5. The Morgan fingerprint density at radius 1 is 1.05 bits per heavy atom. The number of nitrogens with zero attached hydrogens (tertiary/aromatic N) is 1. The number of benzene rings is 2. The molecule has 0 fully saturated rings. The van der Waals surface area contributed by atoms with Crippen molar-refractivity contribution < 1.29 is 9.90 Å². The normalized spacial score (nSPS) is 10.6. The molecule has 4 heteroatoms. The maximum atomic E-state index is 11.3. The molecule has 4 nitrogen and oxygen atoms in total. The Morgan fingerprint density at radius 2 is 1.82 bits per heavy atom. The number of anilines is 2. The molecule has 110 valence electrons. The van der Waals surface area contributed by atoms with Crippen LogP contribution in [-0.2, 0) is 0 Å². The van der Waals surface area contributed by atoms with Crippen molar-refractivity contribution in [2.45, 2.75) is 13.8 Å². The van der Waals surface area contributed by atoms with Crippen molar-refractivity contribution in [1.29, 1.82) is 0 Å². The smallest absolute Gasteiger partial charge is 0.354 e. The van der Waals surface area contributed by atoms with E-state index in [1.165, 1.54) is 0 Å². The number of carbonyl (C=O) groups is 1. The highest BCUT2D eigenvalue weighted by Crippen LogP contribution is 2.27. The van der Waals surface area contributed by atoms with Gasteiger partial charge in [0.1, 0.15) is 0 Å². The van der Waals surface area contributed by atoms with E-state index in [1.54, 1.807) is 6.07 Å². The Balaban J connectivity index is 2.17. The number of aromatic nitrogens is 1. The fraction of sp³-hybridized carbons (Fsp3) is 0.111. The van der Waals surface area contributed by atoms with Gasteiger partial charge in [0.15, 0.2) is 5.69 Å². The zero-order valence-electron chi connectivity index (χ0n) is 12.4. The third-order valence-electron chi connectivity index (χ3n) is 3.48. The molecule has 0 radical (unpaired) electrons. The Labute approximate surface area is 128 Å². The van der Waals surface area contributed by atoms with Gasteiger partial charge in [0, 0.05) is 11.1 Å². The van der Waals surface area contributed by atoms with Crippen molar-refractivity contribution in [3.05, 3.63) is 65.4 Å². The predicted octanol–water partition coefficient (Wildman–Crippen LogP) is 4.29. The van der Waals surface area contributed by atoms with Crippen molar-refractivity contribution >= 4 is 28.2 Å². The highest BCUT2D eigenvalue weighted by molar-refractivity contribution is 5.98. The average molecular weight is 292 g/mol. The van der Waals surface area contributed by atoms with E-state index >= 15 is 0 Å². The molecule has 0 saturated heterocycles. The summed E-state index contributed by atoms with van der Waals surface area (Å²) >= 11 is 0. The van der Waals surface area contributed by atoms with Gasteiger partial charge in [-0.3, -0.25) is 0 Å². The van der Waals surface area contributed by atoms with Crippen LogP contribution in [0.25, 0.3) is 10.9 Å². The molecule has 0 atom stereocenters. The first-order valence-electron chi connectivity index (χ1n) is 7.01. The first-order valence-corrected chi connectivity index (χ1v) is 7.01. The standard InChI is InChI=1S/C18H16N2O2/c1-11-4-3-5-13(8-11)19-16-10-17(18(21)22)20-15-7-6-12(2)9-14(15)16/h3-10H,1-2H3,(H,19,20)(H,21,22). The van der Waals surface area contributed by atoms with E-state index in [2.05, 4.69) is 10.3 Å². The van der Waals surface area contributed by atoms with Gasteiger partial charge in [-0.25, -0.2) is 9.78 Å². The average Bonchev–Trinajstić information content (AvgIpc) is 2.47. The van der Waals surface area contributed by atoms with Crippen molar-refractivity contribution in [2.75, 3.05) is 5.32 Å². The Hall–Kier alpha value is -2.88. The van der Waals surface area contributed by atoms with E-state index in [0.29, 0.717) is 5.52 Å². The minimum atomic E-state index is -1.03. The van der Waals surface area contributed by atoms with Crippen LogP contribution in [0, 0.1) is 13.8 Å². The van der Waals surface area contributed by atoms with Gasteiger partial charge in [-0.05, 0) is 49.7 Å². The van der Waals surface area contributed by atoms with Crippen molar-refractivity contribution in [2.24, 2.45) is 0 Å². The Bertz CT molecular complexity index is 872. The number of fused-ring (bicyclic) bond motifs is 1. The molecule has 2 aromatic carbocycles. The van der Waals surface area contributed by atoms with Gasteiger partial charge in [-0.2, -0.15) is 0 Å². The summed E-state index contributed by atoms with van der Waals surface area (Å²) in [5.41, 5.74) is 4.61. The van der Waals surface area contributed by atoms with E-state index in [1.807, 2.05) is 56.3 Å². The summed E-state index contributed by atoms with van der Waals surface area (Å²) in [6.07, 6.45) is 0. The second-order valence-corrected chi connectivity index (χ2v) is 5.38. The molecule has 0 saturated carbocycles. The zero-order chi connectivity index (χ0) is 15.7. The third kappa shape index (κ3) is 2.76. The van der Waals surface area contributed by atoms with Gasteiger partial charge < -0.3 is 10.4 Å². The number of aryl methyl sites for hydroxylation is 2. The van der Waals surface area contributed by atoms with Crippen LogP contribution < -0.4 is 5.32 Å². The first-order chi connectivity index (χ1) is 10.5. The SMILES string of the molecule is Cc1cccc(Nc2cc(C(=O)O)nc3ccc(C)cc23)c1. The second-order valence-electron chi connectivity index (χ2n) is 5.38. The molecule has 0 aliphatic heterocycles. The molecular formula is C18H16N2O2. The summed E-state index contributed by atoms with van der Waals surface area (Å²) in [4.78, 5) is 15.5. The van der Waals surface area contributed by atoms with E-state index in [0.717, 1.165) is 27.9 Å². The predicted molar refractivity (Wildman–Crippen MR) is 87.9 cm³/mol. The van der Waals surface area contributed by atoms with Crippen molar-refractivity contribution in [3.63, 3.8) is 0 Å². The summed E-state index contributed by atoms with van der Waals surface area (Å²) in [7, 11) is 0. The van der Waals surface area contributed by atoms with E-state index < -0.39 is 5.97 Å². The third-order valence-corrected chi connectivity index (χ3v) is 3.48. The highest BCUT2D eigenvalue weighted by Gasteiger charge is 2.11. The molecule has 1 aromatic heterocycles. The fourth-order valence-corrected chi connectivity index (χ4v) is 2.43. The number of hydrogen-bond donors (Lipinski definition) is 2. The molecule has 0 aliphatic carbocycles. The molecular weight excluding hydrogens is 276 g/mol. The van der Waals surface area contributed by atoms with Gasteiger partial charge >= 0.3 is 5.97 Å². The van der Waals surface area contributed by atoms with Gasteiger partial charge in [-0.15, -0.1) is 0 Å². The largest absolute Gasteiger partial charge is 0.477 e. The molecule has 0 aliphatic rings. The van der Waals surface area contributed by atoms with Crippen LogP contribution in [0.2, 0.25) is 0 Å². The number of pyridine rings is 1. The van der Waals surface area contributed by atoms with Crippen molar-refractivity contribution in [3.8, 4) is 0 Å². The molecule has 0 bridgehead atoms. The molecule has 3 aromatic rings. The van der Waals surface area contributed by atoms with Gasteiger partial charge in [-0.1, -0.05) is 23.8 Å². The molecule has 0 spiro atoms. The quantitative estimate of drug-likeness (QED) is 0.755. The number of aromatic carboxylic acids is 1. The molecule has 0 unspecified atom stereocenters. The molecule has 1 heterocycles. The fourth-order valence-electron chi connectivity index (χ4n) is 2.43. The minimum absolute atomic E-state index is 0.0338. The van der Waals surface area contributed by atoms with E-state index in [9.17, 15) is 9.90 Å². The molecule has 2 N–H and O–H groups in total. The van der Waals surface area contributed by atoms with Gasteiger partial charge in [0.2, 0.25) is 0 Å². The topological polar surface area (TPSA) is 62.2 Å². The van der Waals surface area contributed by atoms with Crippen LogP contribution in [0.3, 0.4) is 0 Å². The number of carboxylic acid groups (broad SMARTS) is 1. The maximum Gasteiger partial charge on any atom is 0.354 e. The first kappa shape index (κ1) is 14.1. The van der Waals surface area contributed by atoms with Crippen LogP contribution in [0.4, 0.5) is 11.4 Å². The summed E-state index contributed by atoms with van der Waals surface area (Å²) in [5.74, 6) is -1.03. The summed E-state index contributed by atoms with van der Waals surface area (Å²) < 4.78 is 0. The monoisotopic (exact) mass is 292 g/mol.